The fourth-order valence-corrected chi connectivity index (χ4v) is 5.72. The summed E-state index contributed by atoms with van der Waals surface area (Å²) in [5.74, 6) is 0.273. The predicted molar refractivity (Wildman–Crippen MR) is 93.8 cm³/mol. The zero-order valence-electron chi connectivity index (χ0n) is 14.1. The average molecular weight is 337 g/mol. The van der Waals surface area contributed by atoms with Crippen LogP contribution < -0.4 is 0 Å². The Morgan fingerprint density at radius 1 is 1.00 bits per heavy atom. The van der Waals surface area contributed by atoms with E-state index in [-0.39, 0.29) is 11.3 Å². The Bertz CT molecular complexity index is 601. The molecule has 23 heavy (non-hydrogen) atoms. The molecule has 2 heterocycles. The van der Waals surface area contributed by atoms with Crippen LogP contribution in [0.4, 0.5) is 0 Å². The van der Waals surface area contributed by atoms with E-state index in [4.69, 9.17) is 0 Å². The van der Waals surface area contributed by atoms with Gasteiger partial charge >= 0.3 is 0 Å². The van der Waals surface area contributed by atoms with Crippen molar-refractivity contribution >= 4 is 10.0 Å². The summed E-state index contributed by atoms with van der Waals surface area (Å²) in [5.41, 5.74) is 1.38. The third-order valence-electron chi connectivity index (χ3n) is 5.43. The number of hydrogen-bond donors (Lipinski definition) is 0. The van der Waals surface area contributed by atoms with Crippen LogP contribution in [0.1, 0.15) is 44.6 Å². The van der Waals surface area contributed by atoms with Crippen LogP contribution >= 0.6 is 0 Å². The second kappa shape index (κ2) is 6.91. The van der Waals surface area contributed by atoms with Gasteiger partial charge in [0.1, 0.15) is 0 Å². The summed E-state index contributed by atoms with van der Waals surface area (Å²) in [6.07, 6.45) is 5.01. The van der Waals surface area contributed by atoms with Crippen molar-refractivity contribution in [2.24, 2.45) is 0 Å². The molecule has 2 aliphatic rings. The van der Waals surface area contributed by atoms with Crippen LogP contribution in [0, 0.1) is 0 Å². The van der Waals surface area contributed by atoms with Crippen molar-refractivity contribution < 1.29 is 8.42 Å². The third kappa shape index (κ3) is 3.32. The van der Waals surface area contributed by atoms with E-state index in [2.05, 4.69) is 35.2 Å². The molecule has 0 radical (unpaired) electrons. The van der Waals surface area contributed by atoms with E-state index >= 15 is 0 Å². The van der Waals surface area contributed by atoms with Crippen LogP contribution in [0.15, 0.2) is 30.3 Å². The van der Waals surface area contributed by atoms with Gasteiger partial charge in [0.05, 0.1) is 5.75 Å². The first-order valence-corrected chi connectivity index (χ1v) is 10.5. The summed E-state index contributed by atoms with van der Waals surface area (Å²) < 4.78 is 26.4. The van der Waals surface area contributed by atoms with Gasteiger partial charge in [-0.05, 0) is 50.8 Å². The smallest absolute Gasteiger partial charge is 0.214 e. The topological polar surface area (TPSA) is 40.6 Å². The van der Waals surface area contributed by atoms with Crippen LogP contribution in [0.25, 0.3) is 0 Å². The molecule has 3 rings (SSSR count). The molecule has 0 saturated carbocycles. The molecule has 5 heteroatoms. The minimum atomic E-state index is -3.07. The maximum absolute atomic E-state index is 12.4. The highest BCUT2D eigenvalue weighted by molar-refractivity contribution is 7.89. The SMILES string of the molecule is CCCS(=O)(=O)N1CCC(c2ccccc2)(N2CCCC2)CC1. The molecule has 0 atom stereocenters. The van der Waals surface area contributed by atoms with Gasteiger partial charge in [0.2, 0.25) is 10.0 Å². The van der Waals surface area contributed by atoms with Gasteiger partial charge in [0, 0.05) is 18.6 Å². The fourth-order valence-electron chi connectivity index (χ4n) is 4.20. The average Bonchev–Trinajstić information content (AvgIpc) is 3.11. The molecule has 0 amide bonds. The summed E-state index contributed by atoms with van der Waals surface area (Å²) >= 11 is 0. The Balaban J connectivity index is 1.83. The molecule has 2 aliphatic heterocycles. The number of hydrogen-bond acceptors (Lipinski definition) is 3. The second-order valence-electron chi connectivity index (χ2n) is 6.81. The zero-order chi connectivity index (χ0) is 16.3. The summed E-state index contributed by atoms with van der Waals surface area (Å²) in [6.45, 7) is 5.49. The second-order valence-corrected chi connectivity index (χ2v) is 8.90. The molecular weight excluding hydrogens is 308 g/mol. The minimum absolute atomic E-state index is 0.0238. The molecule has 0 N–H and O–H groups in total. The Hall–Kier alpha value is -0.910. The molecule has 0 unspecified atom stereocenters. The molecular formula is C18H28N2O2S. The highest BCUT2D eigenvalue weighted by atomic mass is 32.2. The van der Waals surface area contributed by atoms with Gasteiger partial charge in [-0.25, -0.2) is 12.7 Å². The molecule has 2 fully saturated rings. The number of sulfonamides is 1. The Morgan fingerprint density at radius 2 is 1.61 bits per heavy atom. The number of likely N-dealkylation sites (tertiary alicyclic amines) is 1. The summed E-state index contributed by atoms with van der Waals surface area (Å²) in [4.78, 5) is 2.60. The van der Waals surface area contributed by atoms with E-state index in [1.165, 1.54) is 18.4 Å². The van der Waals surface area contributed by atoms with Gasteiger partial charge in [-0.3, -0.25) is 4.90 Å². The molecule has 4 nitrogen and oxygen atoms in total. The fraction of sp³-hybridized carbons (Fsp3) is 0.667. The monoisotopic (exact) mass is 336 g/mol. The van der Waals surface area contributed by atoms with Gasteiger partial charge in [0.25, 0.3) is 0 Å². The first-order chi connectivity index (χ1) is 11.1. The third-order valence-corrected chi connectivity index (χ3v) is 7.50. The first-order valence-electron chi connectivity index (χ1n) is 8.87. The maximum Gasteiger partial charge on any atom is 0.214 e. The number of rotatable bonds is 5. The lowest BCUT2D eigenvalue weighted by Gasteiger charge is -2.47. The number of benzene rings is 1. The van der Waals surface area contributed by atoms with E-state index in [1.54, 1.807) is 4.31 Å². The Morgan fingerprint density at radius 3 is 2.17 bits per heavy atom. The predicted octanol–water partition coefficient (Wildman–Crippen LogP) is 2.81. The molecule has 1 aromatic carbocycles. The zero-order valence-corrected chi connectivity index (χ0v) is 14.9. The quantitative estimate of drug-likeness (QED) is 0.830. The highest BCUT2D eigenvalue weighted by Crippen LogP contribution is 2.41. The van der Waals surface area contributed by atoms with Gasteiger partial charge in [-0.1, -0.05) is 37.3 Å². The van der Waals surface area contributed by atoms with Crippen molar-refractivity contribution in [1.29, 1.82) is 0 Å². The van der Waals surface area contributed by atoms with Crippen LogP contribution in [0.5, 0.6) is 0 Å². The Labute approximate surface area is 140 Å². The standard InChI is InChI=1S/C18H28N2O2S/c1-2-16-23(21,22)20-14-10-18(11-15-20,19-12-6-7-13-19)17-8-4-3-5-9-17/h3-5,8-9H,2,6-7,10-16H2,1H3. The summed E-state index contributed by atoms with van der Waals surface area (Å²) in [7, 11) is -3.07. The van der Waals surface area contributed by atoms with Crippen molar-refractivity contribution in [2.75, 3.05) is 31.9 Å². The van der Waals surface area contributed by atoms with Gasteiger partial charge in [-0.15, -0.1) is 0 Å². The van der Waals surface area contributed by atoms with Crippen molar-refractivity contribution in [3.63, 3.8) is 0 Å². The lowest BCUT2D eigenvalue weighted by atomic mass is 9.80. The summed E-state index contributed by atoms with van der Waals surface area (Å²) in [5, 5.41) is 0. The van der Waals surface area contributed by atoms with E-state index < -0.39 is 10.0 Å². The first kappa shape index (κ1) is 16.9. The molecule has 0 aliphatic carbocycles. The van der Waals surface area contributed by atoms with E-state index in [0.717, 1.165) is 25.9 Å². The van der Waals surface area contributed by atoms with E-state index in [1.807, 2.05) is 6.92 Å². The van der Waals surface area contributed by atoms with Gasteiger partial charge < -0.3 is 0 Å². The van der Waals surface area contributed by atoms with E-state index in [0.29, 0.717) is 19.5 Å². The molecule has 0 bridgehead atoms. The largest absolute Gasteiger partial charge is 0.293 e. The van der Waals surface area contributed by atoms with Crippen LogP contribution in [-0.2, 0) is 15.6 Å². The normalized spacial score (nSPS) is 23.2. The van der Waals surface area contributed by atoms with Crippen LogP contribution in [0.2, 0.25) is 0 Å². The number of piperidine rings is 1. The van der Waals surface area contributed by atoms with Crippen molar-refractivity contribution in [3.05, 3.63) is 35.9 Å². The summed E-state index contributed by atoms with van der Waals surface area (Å²) in [6, 6.07) is 10.7. The van der Waals surface area contributed by atoms with Crippen molar-refractivity contribution in [1.82, 2.24) is 9.21 Å². The lowest BCUT2D eigenvalue weighted by molar-refractivity contribution is 0.0572. The maximum atomic E-state index is 12.4. The van der Waals surface area contributed by atoms with Crippen molar-refractivity contribution in [2.45, 2.75) is 44.6 Å². The Kier molecular flexibility index (Phi) is 5.09. The molecule has 1 aromatic rings. The van der Waals surface area contributed by atoms with Crippen LogP contribution in [0.3, 0.4) is 0 Å². The molecule has 0 spiro atoms. The highest BCUT2D eigenvalue weighted by Gasteiger charge is 2.43. The lowest BCUT2D eigenvalue weighted by Crippen LogP contribution is -2.53. The van der Waals surface area contributed by atoms with Gasteiger partial charge in [-0.2, -0.15) is 0 Å². The molecule has 2 saturated heterocycles. The molecule has 128 valence electrons. The van der Waals surface area contributed by atoms with Crippen molar-refractivity contribution in [3.8, 4) is 0 Å². The number of nitrogens with zero attached hydrogens (tertiary/aromatic N) is 2. The van der Waals surface area contributed by atoms with E-state index in [9.17, 15) is 8.42 Å². The minimum Gasteiger partial charge on any atom is -0.293 e. The molecule has 0 aromatic heterocycles. The van der Waals surface area contributed by atoms with Gasteiger partial charge in [0.15, 0.2) is 0 Å². The van der Waals surface area contributed by atoms with Crippen LogP contribution in [-0.4, -0.2) is 49.6 Å².